The molecular weight excluding hydrogens is 302 g/mol. The zero-order valence-corrected chi connectivity index (χ0v) is 14.2. The number of esters is 1. The highest BCUT2D eigenvalue weighted by molar-refractivity contribution is 5.89. The monoisotopic (exact) mass is 323 g/mol. The van der Waals surface area contributed by atoms with Gasteiger partial charge in [-0.25, -0.2) is 4.79 Å². The summed E-state index contributed by atoms with van der Waals surface area (Å²) in [7, 11) is 1.67. The Morgan fingerprint density at radius 1 is 1.08 bits per heavy atom. The van der Waals surface area contributed by atoms with Gasteiger partial charge in [0.1, 0.15) is 5.75 Å². The van der Waals surface area contributed by atoms with Gasteiger partial charge in [0.2, 0.25) is 0 Å². The lowest BCUT2D eigenvalue weighted by Crippen LogP contribution is -2.11. The average Bonchev–Trinajstić information content (AvgIpc) is 2.97. The number of carbonyl (C=O) groups excluding carboxylic acids is 1. The molecule has 0 aliphatic rings. The fourth-order valence-electron chi connectivity index (χ4n) is 2.67. The van der Waals surface area contributed by atoms with Crippen LogP contribution in [-0.4, -0.2) is 23.8 Å². The third-order valence-corrected chi connectivity index (χ3v) is 3.86. The Hall–Kier alpha value is -2.75. The number of fused-ring (bicyclic) bond motifs is 1. The molecule has 24 heavy (non-hydrogen) atoms. The summed E-state index contributed by atoms with van der Waals surface area (Å²) in [6.45, 7) is 4.44. The second kappa shape index (κ2) is 6.79. The van der Waals surface area contributed by atoms with Gasteiger partial charge in [0.15, 0.2) is 0 Å². The topological polar surface area (TPSA) is 40.5 Å². The number of aromatic nitrogens is 1. The van der Waals surface area contributed by atoms with Gasteiger partial charge in [0.25, 0.3) is 0 Å². The first-order chi connectivity index (χ1) is 11.6. The highest BCUT2D eigenvalue weighted by Gasteiger charge is 2.09. The van der Waals surface area contributed by atoms with E-state index in [0.717, 1.165) is 28.8 Å². The van der Waals surface area contributed by atoms with Gasteiger partial charge in [-0.15, -0.1) is 0 Å². The third-order valence-electron chi connectivity index (χ3n) is 3.86. The number of hydrogen-bond donors (Lipinski definition) is 0. The van der Waals surface area contributed by atoms with Gasteiger partial charge >= 0.3 is 5.97 Å². The highest BCUT2D eigenvalue weighted by atomic mass is 16.5. The molecule has 0 radical (unpaired) electrons. The molecule has 0 saturated heterocycles. The lowest BCUT2D eigenvalue weighted by molar-refractivity contribution is 0.0378. The van der Waals surface area contributed by atoms with Crippen molar-refractivity contribution in [1.29, 1.82) is 0 Å². The zero-order valence-electron chi connectivity index (χ0n) is 14.2. The predicted octanol–water partition coefficient (Wildman–Crippen LogP) is 4.26. The first-order valence-electron chi connectivity index (χ1n) is 7.99. The van der Waals surface area contributed by atoms with E-state index >= 15 is 0 Å². The van der Waals surface area contributed by atoms with Gasteiger partial charge in [-0.05, 0) is 55.8 Å². The summed E-state index contributed by atoms with van der Waals surface area (Å²) in [5, 5.41) is 1.14. The largest absolute Gasteiger partial charge is 0.497 e. The van der Waals surface area contributed by atoms with Crippen LogP contribution in [0.25, 0.3) is 10.9 Å². The van der Waals surface area contributed by atoms with E-state index < -0.39 is 0 Å². The Bertz CT molecular complexity index is 847. The Kier molecular flexibility index (Phi) is 4.56. The number of rotatable bonds is 5. The maximum absolute atomic E-state index is 11.9. The molecule has 0 aliphatic heterocycles. The standard InChI is InChI=1S/C20H21NO3/c1-14(2)24-20(22)16-6-4-15(5-7-16)13-21-11-10-17-12-18(23-3)8-9-19(17)21/h4-12,14H,13H2,1-3H3. The average molecular weight is 323 g/mol. The Labute approximate surface area is 141 Å². The number of carbonyl (C=O) groups is 1. The number of benzene rings is 2. The van der Waals surface area contributed by atoms with Crippen molar-refractivity contribution in [1.82, 2.24) is 4.57 Å². The molecule has 3 rings (SSSR count). The van der Waals surface area contributed by atoms with Gasteiger partial charge in [0, 0.05) is 23.6 Å². The van der Waals surface area contributed by atoms with E-state index in [1.54, 1.807) is 7.11 Å². The summed E-state index contributed by atoms with van der Waals surface area (Å²) < 4.78 is 12.6. The minimum atomic E-state index is -0.282. The molecule has 1 heterocycles. The van der Waals surface area contributed by atoms with Gasteiger partial charge in [-0.3, -0.25) is 0 Å². The van der Waals surface area contributed by atoms with Crippen molar-refractivity contribution in [3.8, 4) is 5.75 Å². The lowest BCUT2D eigenvalue weighted by atomic mass is 10.1. The van der Waals surface area contributed by atoms with E-state index in [1.165, 1.54) is 0 Å². The van der Waals surface area contributed by atoms with Crippen LogP contribution in [0.1, 0.15) is 29.8 Å². The molecule has 2 aromatic carbocycles. The molecule has 3 aromatic rings. The fourth-order valence-corrected chi connectivity index (χ4v) is 2.67. The molecule has 1 aromatic heterocycles. The minimum absolute atomic E-state index is 0.111. The van der Waals surface area contributed by atoms with Crippen LogP contribution in [0.2, 0.25) is 0 Å². The maximum Gasteiger partial charge on any atom is 0.338 e. The number of nitrogens with zero attached hydrogens (tertiary/aromatic N) is 1. The molecule has 0 aliphatic carbocycles. The molecule has 0 fully saturated rings. The second-order valence-electron chi connectivity index (χ2n) is 6.02. The van der Waals surface area contributed by atoms with Crippen LogP contribution in [0, 0.1) is 0 Å². The number of methoxy groups -OCH3 is 1. The van der Waals surface area contributed by atoms with E-state index in [4.69, 9.17) is 9.47 Å². The predicted molar refractivity (Wildman–Crippen MR) is 94.6 cm³/mol. The number of ether oxygens (including phenoxy) is 2. The highest BCUT2D eigenvalue weighted by Crippen LogP contribution is 2.22. The summed E-state index contributed by atoms with van der Waals surface area (Å²) in [5.41, 5.74) is 2.86. The van der Waals surface area contributed by atoms with Crippen molar-refractivity contribution in [2.24, 2.45) is 0 Å². The zero-order chi connectivity index (χ0) is 17.1. The molecule has 0 atom stereocenters. The van der Waals surface area contributed by atoms with Gasteiger partial charge in [-0.2, -0.15) is 0 Å². The van der Waals surface area contributed by atoms with Crippen molar-refractivity contribution in [2.45, 2.75) is 26.5 Å². The van der Waals surface area contributed by atoms with E-state index in [0.29, 0.717) is 5.56 Å². The smallest absolute Gasteiger partial charge is 0.338 e. The van der Waals surface area contributed by atoms with Crippen LogP contribution >= 0.6 is 0 Å². The van der Waals surface area contributed by atoms with Crippen molar-refractivity contribution >= 4 is 16.9 Å². The van der Waals surface area contributed by atoms with Gasteiger partial charge < -0.3 is 14.0 Å². The Morgan fingerprint density at radius 2 is 1.83 bits per heavy atom. The Balaban J connectivity index is 1.78. The van der Waals surface area contributed by atoms with Crippen molar-refractivity contribution in [3.63, 3.8) is 0 Å². The van der Waals surface area contributed by atoms with E-state index in [2.05, 4.69) is 22.9 Å². The summed E-state index contributed by atoms with van der Waals surface area (Å²) >= 11 is 0. The van der Waals surface area contributed by atoms with E-state index in [-0.39, 0.29) is 12.1 Å². The lowest BCUT2D eigenvalue weighted by Gasteiger charge is -2.09. The van der Waals surface area contributed by atoms with Gasteiger partial charge in [-0.1, -0.05) is 12.1 Å². The fraction of sp³-hybridized carbons (Fsp3) is 0.250. The molecule has 0 spiro atoms. The first kappa shape index (κ1) is 16.1. The van der Waals surface area contributed by atoms with E-state index in [9.17, 15) is 4.79 Å². The van der Waals surface area contributed by atoms with Crippen LogP contribution in [-0.2, 0) is 11.3 Å². The van der Waals surface area contributed by atoms with Crippen LogP contribution in [0.4, 0.5) is 0 Å². The minimum Gasteiger partial charge on any atom is -0.497 e. The molecule has 0 N–H and O–H groups in total. The molecule has 4 heteroatoms. The molecule has 4 nitrogen and oxygen atoms in total. The van der Waals surface area contributed by atoms with Crippen LogP contribution in [0.3, 0.4) is 0 Å². The van der Waals surface area contributed by atoms with Crippen molar-refractivity contribution in [3.05, 3.63) is 65.9 Å². The number of hydrogen-bond acceptors (Lipinski definition) is 3. The van der Waals surface area contributed by atoms with E-state index in [1.807, 2.05) is 50.2 Å². The quantitative estimate of drug-likeness (QED) is 0.659. The third kappa shape index (κ3) is 3.43. The Morgan fingerprint density at radius 3 is 2.50 bits per heavy atom. The van der Waals surface area contributed by atoms with Crippen molar-refractivity contribution < 1.29 is 14.3 Å². The molecule has 0 amide bonds. The molecule has 0 unspecified atom stereocenters. The maximum atomic E-state index is 11.9. The van der Waals surface area contributed by atoms with Crippen molar-refractivity contribution in [2.75, 3.05) is 7.11 Å². The normalized spacial score (nSPS) is 11.0. The van der Waals surface area contributed by atoms with Crippen LogP contribution in [0.5, 0.6) is 5.75 Å². The molecular formula is C20H21NO3. The van der Waals surface area contributed by atoms with Gasteiger partial charge in [0.05, 0.1) is 18.8 Å². The summed E-state index contributed by atoms with van der Waals surface area (Å²) in [4.78, 5) is 11.9. The molecule has 124 valence electrons. The molecule has 0 saturated carbocycles. The summed E-state index contributed by atoms with van der Waals surface area (Å²) in [6.07, 6.45) is 1.95. The van der Waals surface area contributed by atoms with Crippen LogP contribution < -0.4 is 4.74 Å². The SMILES string of the molecule is COc1ccc2c(ccn2Cc2ccc(C(=O)OC(C)C)cc2)c1. The summed E-state index contributed by atoms with van der Waals surface area (Å²) in [5.74, 6) is 0.573. The summed E-state index contributed by atoms with van der Waals surface area (Å²) in [6, 6.07) is 15.7. The second-order valence-corrected chi connectivity index (χ2v) is 6.02. The molecule has 0 bridgehead atoms. The first-order valence-corrected chi connectivity index (χ1v) is 7.99. The van der Waals surface area contributed by atoms with Crippen LogP contribution in [0.15, 0.2) is 54.7 Å².